The van der Waals surface area contributed by atoms with E-state index >= 15 is 0 Å². The van der Waals surface area contributed by atoms with Gasteiger partial charge >= 0.3 is 5.97 Å². The molecule has 0 radical (unpaired) electrons. The predicted octanol–water partition coefficient (Wildman–Crippen LogP) is 2.12. The van der Waals surface area contributed by atoms with E-state index in [2.05, 4.69) is 10.3 Å². The van der Waals surface area contributed by atoms with Gasteiger partial charge in [0.25, 0.3) is 5.91 Å². The molecule has 0 saturated heterocycles. The largest absolute Gasteiger partial charge is 0.508 e. The topological polar surface area (TPSA) is 102 Å². The summed E-state index contributed by atoms with van der Waals surface area (Å²) < 4.78 is 13.5. The molecule has 2 aromatic rings. The van der Waals surface area contributed by atoms with E-state index in [9.17, 15) is 14.0 Å². The van der Waals surface area contributed by atoms with Gasteiger partial charge in [0, 0.05) is 18.0 Å². The number of aromatic carboxylic acids is 1. The lowest BCUT2D eigenvalue weighted by molar-refractivity contribution is 0.0697. The van der Waals surface area contributed by atoms with Crippen molar-refractivity contribution in [3.63, 3.8) is 0 Å². The highest BCUT2D eigenvalue weighted by Gasteiger charge is 2.19. The Morgan fingerprint density at radius 2 is 2.05 bits per heavy atom. The second kappa shape index (κ2) is 5.04. The van der Waals surface area contributed by atoms with Crippen LogP contribution in [0.4, 0.5) is 10.1 Å². The van der Waals surface area contributed by atoms with Gasteiger partial charge in [-0.1, -0.05) is 0 Å². The molecule has 0 aliphatic heterocycles. The summed E-state index contributed by atoms with van der Waals surface area (Å²) in [6.45, 7) is 1.54. The third-order valence-electron chi connectivity index (χ3n) is 2.74. The van der Waals surface area contributed by atoms with Gasteiger partial charge in [-0.15, -0.1) is 0 Å². The molecule has 2 rings (SSSR count). The number of aromatic hydroxyl groups is 1. The Morgan fingerprint density at radius 1 is 1.35 bits per heavy atom. The molecule has 0 atom stereocenters. The van der Waals surface area contributed by atoms with Gasteiger partial charge in [-0.25, -0.2) is 9.18 Å². The SMILES string of the molecule is Cc1[nH]cc(NC(=O)c2ccc(O)cc2F)c1C(=O)O. The molecule has 4 N–H and O–H groups in total. The summed E-state index contributed by atoms with van der Waals surface area (Å²) in [6, 6.07) is 3.08. The fourth-order valence-corrected chi connectivity index (χ4v) is 1.78. The van der Waals surface area contributed by atoms with Gasteiger partial charge in [-0.05, 0) is 19.1 Å². The van der Waals surface area contributed by atoms with Crippen LogP contribution in [-0.4, -0.2) is 27.1 Å². The highest BCUT2D eigenvalue weighted by atomic mass is 19.1. The van der Waals surface area contributed by atoms with Crippen molar-refractivity contribution in [2.45, 2.75) is 6.92 Å². The van der Waals surface area contributed by atoms with Crippen LogP contribution in [0.25, 0.3) is 0 Å². The van der Waals surface area contributed by atoms with Crippen LogP contribution in [0.15, 0.2) is 24.4 Å². The maximum atomic E-state index is 13.5. The van der Waals surface area contributed by atoms with Crippen molar-refractivity contribution >= 4 is 17.6 Å². The van der Waals surface area contributed by atoms with Crippen molar-refractivity contribution in [1.82, 2.24) is 4.98 Å². The molecule has 0 aliphatic rings. The van der Waals surface area contributed by atoms with Crippen LogP contribution >= 0.6 is 0 Å². The lowest BCUT2D eigenvalue weighted by Crippen LogP contribution is -2.15. The van der Waals surface area contributed by atoms with E-state index in [0.717, 1.165) is 12.1 Å². The average Bonchev–Trinajstić information content (AvgIpc) is 2.70. The number of aromatic amines is 1. The predicted molar refractivity (Wildman–Crippen MR) is 68.5 cm³/mol. The highest BCUT2D eigenvalue weighted by molar-refractivity contribution is 6.08. The number of hydrogen-bond donors (Lipinski definition) is 4. The number of carboxylic acids is 1. The summed E-state index contributed by atoms with van der Waals surface area (Å²) in [5.74, 6) is -3.20. The van der Waals surface area contributed by atoms with Crippen molar-refractivity contribution in [2.24, 2.45) is 0 Å². The first-order chi connectivity index (χ1) is 9.40. The lowest BCUT2D eigenvalue weighted by atomic mass is 10.1. The minimum absolute atomic E-state index is 0.0486. The minimum Gasteiger partial charge on any atom is -0.508 e. The molecule has 1 aromatic carbocycles. The molecule has 0 bridgehead atoms. The molecular formula is C13H11FN2O4. The number of aromatic nitrogens is 1. The first-order valence-electron chi connectivity index (χ1n) is 5.61. The van der Waals surface area contributed by atoms with E-state index in [1.54, 1.807) is 6.92 Å². The van der Waals surface area contributed by atoms with E-state index in [1.165, 1.54) is 12.3 Å². The van der Waals surface area contributed by atoms with Crippen LogP contribution in [0.1, 0.15) is 26.4 Å². The standard InChI is InChI=1S/C13H11FN2O4/c1-6-11(13(19)20)10(5-15-6)16-12(18)8-3-2-7(17)4-9(8)14/h2-5,15,17H,1H3,(H,16,18)(H,19,20). The average molecular weight is 278 g/mol. The third-order valence-corrected chi connectivity index (χ3v) is 2.74. The number of H-pyrrole nitrogens is 1. The molecule has 0 aliphatic carbocycles. The number of nitrogens with one attached hydrogen (secondary N) is 2. The number of phenols is 1. The summed E-state index contributed by atoms with van der Waals surface area (Å²) in [5.41, 5.74) is 0.0435. The number of phenolic OH excluding ortho intramolecular Hbond substituents is 1. The monoisotopic (exact) mass is 278 g/mol. The first-order valence-corrected chi connectivity index (χ1v) is 5.61. The Labute approximate surface area is 112 Å². The number of benzene rings is 1. The van der Waals surface area contributed by atoms with Crippen LogP contribution in [0, 0.1) is 12.7 Å². The van der Waals surface area contributed by atoms with Crippen LogP contribution in [-0.2, 0) is 0 Å². The maximum absolute atomic E-state index is 13.5. The molecule has 20 heavy (non-hydrogen) atoms. The summed E-state index contributed by atoms with van der Waals surface area (Å²) in [7, 11) is 0. The van der Waals surface area contributed by atoms with Crippen molar-refractivity contribution in [1.29, 1.82) is 0 Å². The van der Waals surface area contributed by atoms with Crippen molar-refractivity contribution < 1.29 is 24.2 Å². The van der Waals surface area contributed by atoms with E-state index in [0.29, 0.717) is 5.69 Å². The number of halogens is 1. The van der Waals surface area contributed by atoms with Crippen LogP contribution < -0.4 is 5.32 Å². The molecule has 7 heteroatoms. The Bertz CT molecular complexity index is 694. The molecule has 1 heterocycles. The van der Waals surface area contributed by atoms with E-state index in [1.807, 2.05) is 0 Å². The summed E-state index contributed by atoms with van der Waals surface area (Å²) in [6.07, 6.45) is 1.31. The highest BCUT2D eigenvalue weighted by Crippen LogP contribution is 2.21. The van der Waals surface area contributed by atoms with E-state index < -0.39 is 17.7 Å². The molecule has 1 amide bonds. The second-order valence-electron chi connectivity index (χ2n) is 4.13. The zero-order valence-corrected chi connectivity index (χ0v) is 10.4. The van der Waals surface area contributed by atoms with Gasteiger partial charge in [-0.3, -0.25) is 4.79 Å². The van der Waals surface area contributed by atoms with Crippen LogP contribution in [0.2, 0.25) is 0 Å². The summed E-state index contributed by atoms with van der Waals surface area (Å²) >= 11 is 0. The number of aryl methyl sites for hydroxylation is 1. The molecular weight excluding hydrogens is 267 g/mol. The molecule has 6 nitrogen and oxygen atoms in total. The Morgan fingerprint density at radius 3 is 2.65 bits per heavy atom. The van der Waals surface area contributed by atoms with Crippen LogP contribution in [0.5, 0.6) is 5.75 Å². The number of rotatable bonds is 3. The van der Waals surface area contributed by atoms with Gasteiger partial charge in [0.2, 0.25) is 0 Å². The van der Waals surface area contributed by atoms with Gasteiger partial charge in [0.1, 0.15) is 17.1 Å². The quantitative estimate of drug-likeness (QED) is 0.690. The Kier molecular flexibility index (Phi) is 3.43. The molecule has 0 saturated carbocycles. The number of carbonyl (C=O) groups excluding carboxylic acids is 1. The lowest BCUT2D eigenvalue weighted by Gasteiger charge is -2.06. The zero-order valence-electron chi connectivity index (χ0n) is 10.4. The normalized spacial score (nSPS) is 10.3. The molecule has 0 spiro atoms. The van der Waals surface area contributed by atoms with Crippen LogP contribution in [0.3, 0.4) is 0 Å². The molecule has 0 unspecified atom stereocenters. The van der Waals surface area contributed by atoms with E-state index in [-0.39, 0.29) is 22.6 Å². The summed E-state index contributed by atoms with van der Waals surface area (Å²) in [4.78, 5) is 25.6. The molecule has 104 valence electrons. The second-order valence-corrected chi connectivity index (χ2v) is 4.13. The van der Waals surface area contributed by atoms with Crippen molar-refractivity contribution in [3.8, 4) is 5.75 Å². The van der Waals surface area contributed by atoms with Gasteiger partial charge in [0.05, 0.1) is 11.3 Å². The van der Waals surface area contributed by atoms with Crippen molar-refractivity contribution in [3.05, 3.63) is 47.0 Å². The Hall–Kier alpha value is -2.83. The molecule has 1 aromatic heterocycles. The molecule has 0 fully saturated rings. The number of carbonyl (C=O) groups is 2. The van der Waals surface area contributed by atoms with Gasteiger partial charge in [0.15, 0.2) is 0 Å². The number of hydrogen-bond acceptors (Lipinski definition) is 3. The fraction of sp³-hybridized carbons (Fsp3) is 0.0769. The van der Waals surface area contributed by atoms with Gasteiger partial charge in [-0.2, -0.15) is 0 Å². The Balaban J connectivity index is 2.31. The van der Waals surface area contributed by atoms with Gasteiger partial charge < -0.3 is 20.5 Å². The minimum atomic E-state index is -1.20. The number of anilines is 1. The first kappa shape index (κ1) is 13.6. The number of carboxylic acid groups (broad SMARTS) is 1. The summed E-state index contributed by atoms with van der Waals surface area (Å²) in [5, 5.41) is 20.4. The van der Waals surface area contributed by atoms with E-state index in [4.69, 9.17) is 10.2 Å². The van der Waals surface area contributed by atoms with Crippen molar-refractivity contribution in [2.75, 3.05) is 5.32 Å². The fourth-order valence-electron chi connectivity index (χ4n) is 1.78. The maximum Gasteiger partial charge on any atom is 0.339 e. The smallest absolute Gasteiger partial charge is 0.339 e. The zero-order chi connectivity index (χ0) is 14.9. The number of amides is 1. The third kappa shape index (κ3) is 2.46.